The molecular weight excluding hydrogens is 172 g/mol. The molecule has 0 aliphatic rings. The van der Waals surface area contributed by atoms with E-state index in [0.717, 1.165) is 12.4 Å². The molecule has 0 saturated heterocycles. The Hall–Kier alpha value is -0.970. The summed E-state index contributed by atoms with van der Waals surface area (Å²) >= 11 is 1.48. The molecule has 1 aromatic heterocycles. The topological polar surface area (TPSA) is 63.8 Å². The summed E-state index contributed by atoms with van der Waals surface area (Å²) in [6.45, 7) is 2.85. The molecule has 0 spiro atoms. The SMILES string of the molecule is CCNc1cc(N)nc(SC)n1. The minimum Gasteiger partial charge on any atom is -0.383 e. The van der Waals surface area contributed by atoms with E-state index in [1.165, 1.54) is 11.8 Å². The zero-order valence-corrected chi connectivity index (χ0v) is 7.98. The van der Waals surface area contributed by atoms with Crippen LogP contribution in [-0.4, -0.2) is 22.8 Å². The second-order valence-corrected chi connectivity index (χ2v) is 2.97. The van der Waals surface area contributed by atoms with Crippen LogP contribution in [0.25, 0.3) is 0 Å². The minimum absolute atomic E-state index is 0.505. The molecule has 1 rings (SSSR count). The number of hydrogen-bond acceptors (Lipinski definition) is 5. The van der Waals surface area contributed by atoms with Gasteiger partial charge in [0.1, 0.15) is 11.6 Å². The van der Waals surface area contributed by atoms with Gasteiger partial charge < -0.3 is 11.1 Å². The third-order valence-corrected chi connectivity index (χ3v) is 1.81. The number of nitrogens with one attached hydrogen (secondary N) is 1. The molecule has 0 amide bonds. The van der Waals surface area contributed by atoms with Crippen LogP contribution in [0.15, 0.2) is 11.2 Å². The number of thioether (sulfide) groups is 1. The van der Waals surface area contributed by atoms with Crippen LogP contribution in [-0.2, 0) is 0 Å². The van der Waals surface area contributed by atoms with Crippen LogP contribution < -0.4 is 11.1 Å². The monoisotopic (exact) mass is 184 g/mol. The van der Waals surface area contributed by atoms with Crippen LogP contribution in [0.1, 0.15) is 6.92 Å². The fourth-order valence-electron chi connectivity index (χ4n) is 0.806. The number of rotatable bonds is 3. The normalized spacial score (nSPS) is 9.83. The van der Waals surface area contributed by atoms with Gasteiger partial charge in [-0.3, -0.25) is 0 Å². The molecule has 66 valence electrons. The van der Waals surface area contributed by atoms with E-state index in [2.05, 4.69) is 15.3 Å². The highest BCUT2D eigenvalue weighted by atomic mass is 32.2. The summed E-state index contributed by atoms with van der Waals surface area (Å²) in [5.41, 5.74) is 5.56. The van der Waals surface area contributed by atoms with Crippen molar-refractivity contribution in [3.05, 3.63) is 6.07 Å². The first kappa shape index (κ1) is 9.12. The number of aromatic nitrogens is 2. The van der Waals surface area contributed by atoms with Crippen LogP contribution >= 0.6 is 11.8 Å². The second kappa shape index (κ2) is 4.15. The first-order valence-corrected chi connectivity index (χ1v) is 4.91. The van der Waals surface area contributed by atoms with Crippen molar-refractivity contribution in [2.75, 3.05) is 23.9 Å². The maximum atomic E-state index is 5.56. The molecule has 0 aliphatic carbocycles. The minimum atomic E-state index is 0.505. The standard InChI is InChI=1S/C7H12N4S/c1-3-9-6-4-5(8)10-7(11-6)12-2/h4H,3H2,1-2H3,(H3,8,9,10,11). The number of nitrogens with two attached hydrogens (primary N) is 1. The summed E-state index contributed by atoms with van der Waals surface area (Å²) in [4.78, 5) is 8.23. The molecule has 0 atom stereocenters. The Morgan fingerprint density at radius 1 is 1.58 bits per heavy atom. The smallest absolute Gasteiger partial charge is 0.191 e. The Morgan fingerprint density at radius 3 is 2.92 bits per heavy atom. The maximum Gasteiger partial charge on any atom is 0.191 e. The van der Waals surface area contributed by atoms with Crippen molar-refractivity contribution >= 4 is 23.4 Å². The molecule has 1 heterocycles. The van der Waals surface area contributed by atoms with Crippen molar-refractivity contribution in [1.29, 1.82) is 0 Å². The lowest BCUT2D eigenvalue weighted by Gasteiger charge is -2.03. The molecule has 1 aromatic rings. The predicted octanol–water partition coefficient (Wildman–Crippen LogP) is 1.21. The highest BCUT2D eigenvalue weighted by Gasteiger charge is 1.99. The van der Waals surface area contributed by atoms with E-state index >= 15 is 0 Å². The fourth-order valence-corrected chi connectivity index (χ4v) is 1.19. The maximum absolute atomic E-state index is 5.56. The third-order valence-electron chi connectivity index (χ3n) is 1.27. The Bertz CT molecular complexity index is 264. The van der Waals surface area contributed by atoms with Gasteiger partial charge in [-0.05, 0) is 13.2 Å². The highest BCUT2D eigenvalue weighted by Crippen LogP contribution is 2.14. The number of hydrogen-bond donors (Lipinski definition) is 2. The molecular formula is C7H12N4S. The van der Waals surface area contributed by atoms with E-state index in [4.69, 9.17) is 5.73 Å². The van der Waals surface area contributed by atoms with E-state index in [0.29, 0.717) is 11.0 Å². The highest BCUT2D eigenvalue weighted by molar-refractivity contribution is 7.98. The van der Waals surface area contributed by atoms with Gasteiger partial charge in [0.2, 0.25) is 0 Å². The van der Waals surface area contributed by atoms with E-state index in [1.54, 1.807) is 6.07 Å². The van der Waals surface area contributed by atoms with Crippen molar-refractivity contribution in [2.45, 2.75) is 12.1 Å². The van der Waals surface area contributed by atoms with Gasteiger partial charge in [-0.2, -0.15) is 0 Å². The molecule has 0 radical (unpaired) electrons. The van der Waals surface area contributed by atoms with E-state index < -0.39 is 0 Å². The molecule has 0 unspecified atom stereocenters. The Labute approximate surface area is 76.0 Å². The van der Waals surface area contributed by atoms with Gasteiger partial charge in [0.15, 0.2) is 5.16 Å². The Morgan fingerprint density at radius 2 is 2.33 bits per heavy atom. The summed E-state index contributed by atoms with van der Waals surface area (Å²) in [5.74, 6) is 1.29. The molecule has 12 heavy (non-hydrogen) atoms. The molecule has 0 fully saturated rings. The first-order chi connectivity index (χ1) is 5.76. The van der Waals surface area contributed by atoms with E-state index in [1.807, 2.05) is 13.2 Å². The lowest BCUT2D eigenvalue weighted by atomic mass is 10.5. The number of nitrogens with zero attached hydrogens (tertiary/aromatic N) is 2. The molecule has 0 saturated carbocycles. The zero-order chi connectivity index (χ0) is 8.97. The van der Waals surface area contributed by atoms with Gasteiger partial charge in [-0.1, -0.05) is 11.8 Å². The van der Waals surface area contributed by atoms with Crippen molar-refractivity contribution in [2.24, 2.45) is 0 Å². The van der Waals surface area contributed by atoms with Crippen molar-refractivity contribution in [1.82, 2.24) is 9.97 Å². The number of nitrogen functional groups attached to an aromatic ring is 1. The molecule has 0 aromatic carbocycles. The van der Waals surface area contributed by atoms with Gasteiger partial charge in [-0.15, -0.1) is 0 Å². The molecule has 0 aliphatic heterocycles. The van der Waals surface area contributed by atoms with Crippen molar-refractivity contribution < 1.29 is 0 Å². The quantitative estimate of drug-likeness (QED) is 0.546. The summed E-state index contributed by atoms with van der Waals surface area (Å²) in [6.07, 6.45) is 1.92. The summed E-state index contributed by atoms with van der Waals surface area (Å²) in [7, 11) is 0. The molecule has 4 nitrogen and oxygen atoms in total. The molecule has 3 N–H and O–H groups in total. The Balaban J connectivity index is 2.90. The van der Waals surface area contributed by atoms with Gasteiger partial charge >= 0.3 is 0 Å². The molecule has 5 heteroatoms. The number of anilines is 2. The van der Waals surface area contributed by atoms with Crippen LogP contribution in [0.4, 0.5) is 11.6 Å². The average Bonchev–Trinajstić information content (AvgIpc) is 2.04. The lowest BCUT2D eigenvalue weighted by Crippen LogP contribution is -2.03. The van der Waals surface area contributed by atoms with Crippen molar-refractivity contribution in [3.8, 4) is 0 Å². The van der Waals surface area contributed by atoms with Gasteiger partial charge in [0, 0.05) is 12.6 Å². The largest absolute Gasteiger partial charge is 0.383 e. The van der Waals surface area contributed by atoms with Gasteiger partial charge in [0.25, 0.3) is 0 Å². The zero-order valence-electron chi connectivity index (χ0n) is 7.16. The van der Waals surface area contributed by atoms with E-state index in [-0.39, 0.29) is 0 Å². The Kier molecular flexibility index (Phi) is 3.16. The lowest BCUT2D eigenvalue weighted by molar-refractivity contribution is 0.970. The van der Waals surface area contributed by atoms with Gasteiger partial charge in [0.05, 0.1) is 0 Å². The van der Waals surface area contributed by atoms with Crippen LogP contribution in [0.3, 0.4) is 0 Å². The van der Waals surface area contributed by atoms with Gasteiger partial charge in [-0.25, -0.2) is 9.97 Å². The van der Waals surface area contributed by atoms with E-state index in [9.17, 15) is 0 Å². The second-order valence-electron chi connectivity index (χ2n) is 2.20. The summed E-state index contributed by atoms with van der Waals surface area (Å²) < 4.78 is 0. The van der Waals surface area contributed by atoms with Crippen LogP contribution in [0.5, 0.6) is 0 Å². The summed E-state index contributed by atoms with van der Waals surface area (Å²) in [6, 6.07) is 1.73. The first-order valence-electron chi connectivity index (χ1n) is 3.68. The van der Waals surface area contributed by atoms with Crippen LogP contribution in [0.2, 0.25) is 0 Å². The third kappa shape index (κ3) is 2.27. The molecule has 0 bridgehead atoms. The fraction of sp³-hybridized carbons (Fsp3) is 0.429. The average molecular weight is 184 g/mol. The predicted molar refractivity (Wildman–Crippen MR) is 52.4 cm³/mol. The summed E-state index contributed by atoms with van der Waals surface area (Å²) in [5, 5.41) is 3.78. The van der Waals surface area contributed by atoms with Crippen LogP contribution in [0, 0.1) is 0 Å². The van der Waals surface area contributed by atoms with Crippen molar-refractivity contribution in [3.63, 3.8) is 0 Å².